The molecule has 0 fully saturated rings. The molecule has 1 aromatic carbocycles. The van der Waals surface area contributed by atoms with E-state index in [1.165, 1.54) is 0 Å². The molecule has 1 aliphatic carbocycles. The normalized spacial score (nSPS) is 26.1. The Morgan fingerprint density at radius 3 is 2.64 bits per heavy atom. The summed E-state index contributed by atoms with van der Waals surface area (Å²) in [6, 6.07) is 6.92. The minimum Gasteiger partial charge on any atom is -0.370 e. The highest BCUT2D eigenvalue weighted by Gasteiger charge is 2.46. The van der Waals surface area contributed by atoms with Crippen LogP contribution in [0.1, 0.15) is 17.5 Å². The zero-order valence-electron chi connectivity index (χ0n) is 7.47. The average molecular weight is 213 g/mol. The molecule has 4 nitrogen and oxygen atoms in total. The van der Waals surface area contributed by atoms with Gasteiger partial charge in [0.2, 0.25) is 15.0 Å². The Hall–Kier alpha value is -0.910. The number of benzene rings is 1. The van der Waals surface area contributed by atoms with E-state index in [2.05, 4.69) is 0 Å². The van der Waals surface area contributed by atoms with Crippen LogP contribution < -0.4 is 5.14 Å². The Labute approximate surface area is 82.4 Å². The van der Waals surface area contributed by atoms with Crippen molar-refractivity contribution < 1.29 is 13.5 Å². The SMILES string of the molecule is NS(=O)(=O)C1(O)CCc2ccccc21. The molecule has 0 saturated heterocycles. The van der Waals surface area contributed by atoms with Gasteiger partial charge in [0.05, 0.1) is 0 Å². The van der Waals surface area contributed by atoms with Crippen molar-refractivity contribution in [2.45, 2.75) is 17.8 Å². The Morgan fingerprint density at radius 2 is 2.00 bits per heavy atom. The van der Waals surface area contributed by atoms with E-state index < -0.39 is 15.0 Å². The van der Waals surface area contributed by atoms with E-state index in [-0.39, 0.29) is 6.42 Å². The first-order valence-electron chi connectivity index (χ1n) is 4.28. The molecule has 0 heterocycles. The lowest BCUT2D eigenvalue weighted by molar-refractivity contribution is 0.126. The summed E-state index contributed by atoms with van der Waals surface area (Å²) < 4.78 is 22.5. The smallest absolute Gasteiger partial charge is 0.243 e. The summed E-state index contributed by atoms with van der Waals surface area (Å²) in [6.07, 6.45) is 0.689. The van der Waals surface area contributed by atoms with Gasteiger partial charge in [0.15, 0.2) is 0 Å². The minimum absolute atomic E-state index is 0.144. The molecule has 0 amide bonds. The first-order valence-corrected chi connectivity index (χ1v) is 5.83. The molecular formula is C9H11NO3S. The van der Waals surface area contributed by atoms with Crippen molar-refractivity contribution in [3.8, 4) is 0 Å². The molecule has 1 aromatic rings. The van der Waals surface area contributed by atoms with E-state index in [0.29, 0.717) is 12.0 Å². The molecule has 0 aromatic heterocycles. The molecule has 3 N–H and O–H groups in total. The van der Waals surface area contributed by atoms with Crippen LogP contribution in [-0.4, -0.2) is 13.5 Å². The van der Waals surface area contributed by atoms with Crippen LogP contribution in [0.25, 0.3) is 0 Å². The lowest BCUT2D eigenvalue weighted by Crippen LogP contribution is -2.38. The maximum Gasteiger partial charge on any atom is 0.243 e. The highest BCUT2D eigenvalue weighted by Crippen LogP contribution is 2.39. The maximum absolute atomic E-state index is 11.2. The number of sulfonamides is 1. The van der Waals surface area contributed by atoms with E-state index in [0.717, 1.165) is 5.56 Å². The number of nitrogens with two attached hydrogens (primary N) is 1. The van der Waals surface area contributed by atoms with Gasteiger partial charge in [-0.25, -0.2) is 13.6 Å². The van der Waals surface area contributed by atoms with E-state index in [1.54, 1.807) is 18.2 Å². The highest BCUT2D eigenvalue weighted by atomic mass is 32.2. The zero-order chi connectivity index (χ0) is 10.4. The number of rotatable bonds is 1. The quantitative estimate of drug-likeness (QED) is 0.692. The molecule has 0 spiro atoms. The monoisotopic (exact) mass is 213 g/mol. The minimum atomic E-state index is -3.96. The topological polar surface area (TPSA) is 80.4 Å². The van der Waals surface area contributed by atoms with E-state index in [9.17, 15) is 13.5 Å². The summed E-state index contributed by atoms with van der Waals surface area (Å²) in [5.41, 5.74) is 1.27. The van der Waals surface area contributed by atoms with Crippen LogP contribution in [0, 0.1) is 0 Å². The van der Waals surface area contributed by atoms with E-state index in [1.807, 2.05) is 6.07 Å². The fourth-order valence-corrected chi connectivity index (χ4v) is 2.75. The standard InChI is InChI=1S/C9H11NO3S/c10-14(12,13)9(11)6-5-7-3-1-2-4-8(7)9/h1-4,11H,5-6H2,(H2,10,12,13). The number of hydrogen-bond donors (Lipinski definition) is 2. The molecule has 0 saturated carbocycles. The summed E-state index contributed by atoms with van der Waals surface area (Å²) in [5.74, 6) is 0. The van der Waals surface area contributed by atoms with Gasteiger partial charge in [0, 0.05) is 12.0 Å². The number of fused-ring (bicyclic) bond motifs is 1. The Bertz CT molecular complexity index is 469. The summed E-state index contributed by atoms with van der Waals surface area (Å²) in [6.45, 7) is 0. The van der Waals surface area contributed by atoms with E-state index in [4.69, 9.17) is 5.14 Å². The van der Waals surface area contributed by atoms with Crippen molar-refractivity contribution in [3.05, 3.63) is 35.4 Å². The number of primary sulfonamides is 1. The number of hydrogen-bond acceptors (Lipinski definition) is 3. The predicted octanol–water partition coefficient (Wildman–Crippen LogP) is 0.0664. The molecule has 5 heteroatoms. The molecule has 1 aliphatic rings. The van der Waals surface area contributed by atoms with Crippen molar-refractivity contribution in [2.75, 3.05) is 0 Å². The van der Waals surface area contributed by atoms with E-state index >= 15 is 0 Å². The molecule has 0 bridgehead atoms. The largest absolute Gasteiger partial charge is 0.370 e. The van der Waals surface area contributed by atoms with Crippen LogP contribution in [0.5, 0.6) is 0 Å². The molecule has 0 aliphatic heterocycles. The maximum atomic E-state index is 11.2. The fourth-order valence-electron chi connectivity index (χ4n) is 1.85. The highest BCUT2D eigenvalue weighted by molar-refractivity contribution is 7.89. The van der Waals surface area contributed by atoms with Gasteiger partial charge in [-0.05, 0) is 12.0 Å². The first kappa shape index (κ1) is 9.64. The molecule has 76 valence electrons. The van der Waals surface area contributed by atoms with Crippen molar-refractivity contribution in [1.29, 1.82) is 0 Å². The summed E-state index contributed by atoms with van der Waals surface area (Å²) >= 11 is 0. The van der Waals surface area contributed by atoms with Gasteiger partial charge in [-0.2, -0.15) is 0 Å². The third kappa shape index (κ3) is 1.17. The van der Waals surface area contributed by atoms with Gasteiger partial charge in [0.1, 0.15) is 0 Å². The van der Waals surface area contributed by atoms with Crippen LogP contribution >= 0.6 is 0 Å². The van der Waals surface area contributed by atoms with Gasteiger partial charge in [-0.1, -0.05) is 24.3 Å². The molecule has 14 heavy (non-hydrogen) atoms. The van der Waals surface area contributed by atoms with Crippen LogP contribution in [0.2, 0.25) is 0 Å². The summed E-state index contributed by atoms with van der Waals surface area (Å²) in [4.78, 5) is -1.89. The van der Waals surface area contributed by atoms with Crippen molar-refractivity contribution in [1.82, 2.24) is 0 Å². The van der Waals surface area contributed by atoms with Crippen molar-refractivity contribution in [3.63, 3.8) is 0 Å². The third-order valence-corrected chi connectivity index (χ3v) is 4.01. The van der Waals surface area contributed by atoms with Gasteiger partial charge >= 0.3 is 0 Å². The molecule has 0 radical (unpaired) electrons. The average Bonchev–Trinajstić information content (AvgIpc) is 2.45. The zero-order valence-corrected chi connectivity index (χ0v) is 8.29. The summed E-state index contributed by atoms with van der Waals surface area (Å²) in [5, 5.41) is 15.0. The third-order valence-electron chi connectivity index (χ3n) is 2.64. The molecule has 1 atom stereocenters. The Kier molecular flexibility index (Phi) is 1.92. The Morgan fingerprint density at radius 1 is 1.36 bits per heavy atom. The van der Waals surface area contributed by atoms with Gasteiger partial charge < -0.3 is 5.11 Å². The first-order chi connectivity index (χ1) is 6.45. The molecule has 1 unspecified atom stereocenters. The van der Waals surface area contributed by atoms with Gasteiger partial charge in [0.25, 0.3) is 0 Å². The lowest BCUT2D eigenvalue weighted by atomic mass is 10.1. The fraction of sp³-hybridized carbons (Fsp3) is 0.333. The second-order valence-electron chi connectivity index (χ2n) is 3.49. The van der Waals surface area contributed by atoms with Crippen molar-refractivity contribution >= 4 is 10.0 Å². The lowest BCUT2D eigenvalue weighted by Gasteiger charge is -2.20. The Balaban J connectivity index is 2.64. The second-order valence-corrected chi connectivity index (χ2v) is 5.25. The molecule has 2 rings (SSSR count). The van der Waals surface area contributed by atoms with Gasteiger partial charge in [-0.3, -0.25) is 0 Å². The van der Waals surface area contributed by atoms with Crippen LogP contribution in [0.15, 0.2) is 24.3 Å². The second kappa shape index (κ2) is 2.79. The predicted molar refractivity (Wildman–Crippen MR) is 51.8 cm³/mol. The molecular weight excluding hydrogens is 202 g/mol. The van der Waals surface area contributed by atoms with Crippen LogP contribution in [0.4, 0.5) is 0 Å². The number of aliphatic hydroxyl groups is 1. The summed E-state index contributed by atoms with van der Waals surface area (Å²) in [7, 11) is -3.96. The van der Waals surface area contributed by atoms with Gasteiger partial charge in [-0.15, -0.1) is 0 Å². The number of aryl methyl sites for hydroxylation is 1. The van der Waals surface area contributed by atoms with Crippen LogP contribution in [0.3, 0.4) is 0 Å². The van der Waals surface area contributed by atoms with Crippen molar-refractivity contribution in [2.24, 2.45) is 5.14 Å². The van der Waals surface area contributed by atoms with Crippen LogP contribution in [-0.2, 0) is 21.4 Å².